The van der Waals surface area contributed by atoms with Gasteiger partial charge in [-0.2, -0.15) is 0 Å². The molecular weight excluding hydrogens is 442 g/mol. The van der Waals surface area contributed by atoms with Gasteiger partial charge in [0.2, 0.25) is 0 Å². The summed E-state index contributed by atoms with van der Waals surface area (Å²) in [6, 6.07) is 19.1. The number of anilines is 1. The summed E-state index contributed by atoms with van der Waals surface area (Å²) < 4.78 is 10.5. The van der Waals surface area contributed by atoms with Gasteiger partial charge in [0.1, 0.15) is 11.5 Å². The number of thiocarbonyl (C=S) groups is 1. The maximum absolute atomic E-state index is 12.8. The molecule has 0 aliphatic rings. The fraction of sp³-hybridized carbons (Fsp3) is 0.167. The summed E-state index contributed by atoms with van der Waals surface area (Å²) in [5, 5.41) is 6.75. The number of aromatic amines is 1. The van der Waals surface area contributed by atoms with Crippen LogP contribution in [0.5, 0.6) is 11.5 Å². The van der Waals surface area contributed by atoms with E-state index in [0.29, 0.717) is 23.8 Å². The lowest BCUT2D eigenvalue weighted by atomic mass is 10.1. The van der Waals surface area contributed by atoms with E-state index in [2.05, 4.69) is 16.4 Å². The molecule has 8 heteroatoms. The largest absolute Gasteiger partial charge is 0.497 e. The molecule has 0 atom stereocenters. The van der Waals surface area contributed by atoms with E-state index >= 15 is 0 Å². The van der Waals surface area contributed by atoms with Crippen molar-refractivity contribution in [1.29, 1.82) is 0 Å². The monoisotopic (exact) mass is 465 g/mol. The zero-order valence-electron chi connectivity index (χ0n) is 17.8. The van der Waals surface area contributed by atoms with Crippen LogP contribution in [0.15, 0.2) is 70.8 Å². The Morgan fingerprint density at radius 2 is 1.78 bits per heavy atom. The Kier molecular flexibility index (Phi) is 6.72. The van der Waals surface area contributed by atoms with Crippen molar-refractivity contribution in [2.24, 2.45) is 0 Å². The third kappa shape index (κ3) is 5.09. The maximum atomic E-state index is 12.8. The van der Waals surface area contributed by atoms with Crippen molar-refractivity contribution in [3.63, 3.8) is 0 Å². The van der Waals surface area contributed by atoms with Crippen molar-refractivity contribution < 1.29 is 9.47 Å². The Hall–Kier alpha value is -3.36. The van der Waals surface area contributed by atoms with Crippen molar-refractivity contribution in [2.75, 3.05) is 19.5 Å². The normalized spacial score (nSPS) is 10.7. The predicted octanol–water partition coefficient (Wildman–Crippen LogP) is 5.01. The molecule has 0 amide bonds. The number of fused-ring (bicyclic) bond motifs is 1. The second kappa shape index (κ2) is 9.84. The van der Waals surface area contributed by atoms with Gasteiger partial charge in [0.05, 0.1) is 27.3 Å². The SMILES string of the molecule is COc1ccc(NC(=S)N(Cc2cccs2)Cc2cc3cc(OC)ccc3[nH]c2=O)cc1. The maximum Gasteiger partial charge on any atom is 0.253 e. The quantitative estimate of drug-likeness (QED) is 0.374. The van der Waals surface area contributed by atoms with Crippen LogP contribution >= 0.6 is 23.6 Å². The van der Waals surface area contributed by atoms with Gasteiger partial charge < -0.3 is 24.7 Å². The molecule has 0 radical (unpaired) electrons. The highest BCUT2D eigenvalue weighted by Gasteiger charge is 2.15. The van der Waals surface area contributed by atoms with Crippen LogP contribution in [0, 0.1) is 0 Å². The highest BCUT2D eigenvalue weighted by atomic mass is 32.1. The van der Waals surface area contributed by atoms with Crippen LogP contribution < -0.4 is 20.3 Å². The van der Waals surface area contributed by atoms with Gasteiger partial charge in [0.15, 0.2) is 5.11 Å². The average Bonchev–Trinajstić information content (AvgIpc) is 3.32. The van der Waals surface area contributed by atoms with E-state index in [1.54, 1.807) is 25.6 Å². The number of hydrogen-bond donors (Lipinski definition) is 2. The minimum Gasteiger partial charge on any atom is -0.497 e. The van der Waals surface area contributed by atoms with Crippen LogP contribution in [0.4, 0.5) is 5.69 Å². The van der Waals surface area contributed by atoms with Gasteiger partial charge in [0, 0.05) is 27.0 Å². The van der Waals surface area contributed by atoms with E-state index in [4.69, 9.17) is 21.7 Å². The lowest BCUT2D eigenvalue weighted by molar-refractivity contribution is 0.413. The minimum absolute atomic E-state index is 0.133. The molecule has 0 aliphatic heterocycles. The molecule has 164 valence electrons. The number of benzene rings is 2. The highest BCUT2D eigenvalue weighted by molar-refractivity contribution is 7.80. The number of ether oxygens (including phenoxy) is 2. The molecule has 2 aromatic heterocycles. The van der Waals surface area contributed by atoms with Gasteiger partial charge in [-0.15, -0.1) is 11.3 Å². The van der Waals surface area contributed by atoms with E-state index in [-0.39, 0.29) is 5.56 Å². The Bertz CT molecular complexity index is 1270. The second-order valence-electron chi connectivity index (χ2n) is 7.17. The minimum atomic E-state index is -0.133. The Balaban J connectivity index is 1.61. The molecule has 0 unspecified atom stereocenters. The number of nitrogens with one attached hydrogen (secondary N) is 2. The first-order valence-corrected chi connectivity index (χ1v) is 11.3. The Morgan fingerprint density at radius 3 is 2.47 bits per heavy atom. The van der Waals surface area contributed by atoms with Crippen molar-refractivity contribution in [2.45, 2.75) is 13.1 Å². The fourth-order valence-electron chi connectivity index (χ4n) is 3.35. The first-order valence-electron chi connectivity index (χ1n) is 9.98. The number of thiophene rings is 1. The van der Waals surface area contributed by atoms with Crippen LogP contribution in [0.2, 0.25) is 0 Å². The second-order valence-corrected chi connectivity index (χ2v) is 8.59. The average molecular weight is 466 g/mol. The molecule has 4 rings (SSSR count). The smallest absolute Gasteiger partial charge is 0.253 e. The number of hydrogen-bond acceptors (Lipinski definition) is 5. The van der Waals surface area contributed by atoms with E-state index in [1.165, 1.54) is 0 Å². The molecule has 4 aromatic rings. The summed E-state index contributed by atoms with van der Waals surface area (Å²) in [4.78, 5) is 18.9. The Morgan fingerprint density at radius 1 is 1.03 bits per heavy atom. The summed E-state index contributed by atoms with van der Waals surface area (Å²) in [7, 11) is 3.26. The lowest BCUT2D eigenvalue weighted by Crippen LogP contribution is -2.35. The van der Waals surface area contributed by atoms with Crippen LogP contribution in [0.25, 0.3) is 10.9 Å². The van der Waals surface area contributed by atoms with Crippen molar-refractivity contribution in [3.05, 3.63) is 86.8 Å². The molecule has 0 aliphatic carbocycles. The number of rotatable bonds is 7. The standard InChI is InChI=1S/C24H23N3O3S2/c1-29-19-7-5-18(6-8-19)25-24(31)27(15-21-4-3-11-32-21)14-17-12-16-13-20(30-2)9-10-22(16)26-23(17)28/h3-13H,14-15H2,1-2H3,(H,25,31)(H,26,28). The lowest BCUT2D eigenvalue weighted by Gasteiger charge is -2.25. The Labute approximate surface area is 195 Å². The summed E-state index contributed by atoms with van der Waals surface area (Å²) in [6.45, 7) is 0.956. The topological polar surface area (TPSA) is 66.6 Å². The van der Waals surface area contributed by atoms with Gasteiger partial charge in [-0.3, -0.25) is 4.79 Å². The number of pyridine rings is 1. The van der Waals surface area contributed by atoms with Gasteiger partial charge >= 0.3 is 0 Å². The first-order chi connectivity index (χ1) is 15.6. The molecule has 0 saturated carbocycles. The third-order valence-corrected chi connectivity index (χ3v) is 6.27. The molecule has 0 bridgehead atoms. The van der Waals surface area contributed by atoms with Crippen molar-refractivity contribution >= 4 is 45.3 Å². The predicted molar refractivity (Wildman–Crippen MR) is 134 cm³/mol. The van der Waals surface area contributed by atoms with Gasteiger partial charge in [-0.25, -0.2) is 0 Å². The van der Waals surface area contributed by atoms with E-state index in [0.717, 1.165) is 33.0 Å². The fourth-order valence-corrected chi connectivity index (χ4v) is 4.31. The van der Waals surface area contributed by atoms with Crippen LogP contribution in [-0.2, 0) is 13.1 Å². The number of methoxy groups -OCH3 is 2. The summed E-state index contributed by atoms with van der Waals surface area (Å²) in [5.74, 6) is 1.51. The van der Waals surface area contributed by atoms with Crippen molar-refractivity contribution in [3.8, 4) is 11.5 Å². The van der Waals surface area contributed by atoms with Crippen LogP contribution in [0.1, 0.15) is 10.4 Å². The first kappa shape index (κ1) is 21.9. The molecule has 2 heterocycles. The zero-order valence-corrected chi connectivity index (χ0v) is 19.4. The molecule has 2 N–H and O–H groups in total. The zero-order chi connectivity index (χ0) is 22.5. The molecule has 2 aromatic carbocycles. The molecule has 0 spiro atoms. The number of aromatic nitrogens is 1. The number of H-pyrrole nitrogens is 1. The third-order valence-electron chi connectivity index (χ3n) is 5.04. The van der Waals surface area contributed by atoms with Crippen LogP contribution in [0.3, 0.4) is 0 Å². The number of nitrogens with zero attached hydrogens (tertiary/aromatic N) is 1. The van der Waals surface area contributed by atoms with Gasteiger partial charge in [-0.05, 0) is 72.2 Å². The molecule has 6 nitrogen and oxygen atoms in total. The molecule has 32 heavy (non-hydrogen) atoms. The van der Waals surface area contributed by atoms with Crippen LogP contribution in [-0.4, -0.2) is 29.2 Å². The summed E-state index contributed by atoms with van der Waals surface area (Å²) in [6.07, 6.45) is 0. The van der Waals surface area contributed by atoms with Crippen molar-refractivity contribution in [1.82, 2.24) is 9.88 Å². The summed E-state index contributed by atoms with van der Waals surface area (Å²) in [5.41, 5.74) is 2.11. The van der Waals surface area contributed by atoms with E-state index in [9.17, 15) is 4.79 Å². The molecule has 0 fully saturated rings. The molecular formula is C24H23N3O3S2. The van der Waals surface area contributed by atoms with E-state index < -0.39 is 0 Å². The summed E-state index contributed by atoms with van der Waals surface area (Å²) >= 11 is 7.38. The highest BCUT2D eigenvalue weighted by Crippen LogP contribution is 2.21. The van der Waals surface area contributed by atoms with Gasteiger partial charge in [-0.1, -0.05) is 6.07 Å². The molecule has 0 saturated heterocycles. The van der Waals surface area contributed by atoms with Gasteiger partial charge in [0.25, 0.3) is 5.56 Å². The van der Waals surface area contributed by atoms with E-state index in [1.807, 2.05) is 64.9 Å².